The molecule has 4 aromatic rings. The number of nitrogens with one attached hydrogen (secondary N) is 1. The number of carbonyl (C=O) groups is 3. The van der Waals surface area contributed by atoms with Crippen LogP contribution in [0.4, 0.5) is 10.5 Å². The van der Waals surface area contributed by atoms with Gasteiger partial charge in [0.05, 0.1) is 17.8 Å². The summed E-state index contributed by atoms with van der Waals surface area (Å²) in [6, 6.07) is 19.2. The standard InChI is InChI=1S/C31H24Cl2N2O5/c1-17-8-10-20-6-4-5-7-22(20)24(17)16-40-28-26(33)13-19(14-27(28)39-3)12-23-29(36)34-31(38)35(30(23)37)21-11-9-18(2)25(32)15-21/h4-15H,16H2,1-3H3,(H,34,36,38)/b23-12+. The first-order valence-electron chi connectivity index (χ1n) is 12.3. The van der Waals surface area contributed by atoms with Crippen molar-refractivity contribution in [2.45, 2.75) is 20.5 Å². The summed E-state index contributed by atoms with van der Waals surface area (Å²) in [5.41, 5.74) is 3.26. The smallest absolute Gasteiger partial charge is 0.335 e. The fraction of sp³-hybridized carbons (Fsp3) is 0.129. The van der Waals surface area contributed by atoms with E-state index in [4.69, 9.17) is 32.7 Å². The van der Waals surface area contributed by atoms with Crippen molar-refractivity contribution in [2.24, 2.45) is 0 Å². The number of carbonyl (C=O) groups excluding carboxylic acids is 3. The molecule has 0 aliphatic carbocycles. The van der Waals surface area contributed by atoms with Gasteiger partial charge in [-0.25, -0.2) is 9.69 Å². The van der Waals surface area contributed by atoms with Crippen molar-refractivity contribution in [3.05, 3.63) is 105 Å². The molecule has 1 N–H and O–H groups in total. The minimum atomic E-state index is -0.866. The summed E-state index contributed by atoms with van der Waals surface area (Å²) in [6.07, 6.45) is 1.35. The van der Waals surface area contributed by atoms with Crippen molar-refractivity contribution in [2.75, 3.05) is 12.0 Å². The summed E-state index contributed by atoms with van der Waals surface area (Å²) >= 11 is 12.8. The summed E-state index contributed by atoms with van der Waals surface area (Å²) < 4.78 is 11.7. The van der Waals surface area contributed by atoms with Gasteiger partial charge in [0.25, 0.3) is 11.8 Å². The number of imide groups is 2. The van der Waals surface area contributed by atoms with Gasteiger partial charge in [-0.15, -0.1) is 0 Å². The third-order valence-corrected chi connectivity index (χ3v) is 7.40. The number of halogens is 2. The van der Waals surface area contributed by atoms with Gasteiger partial charge in [0.2, 0.25) is 0 Å². The van der Waals surface area contributed by atoms with Crippen LogP contribution in [-0.4, -0.2) is 25.0 Å². The second kappa shape index (κ2) is 11.0. The van der Waals surface area contributed by atoms with Crippen LogP contribution >= 0.6 is 23.2 Å². The number of hydrogen-bond acceptors (Lipinski definition) is 5. The minimum absolute atomic E-state index is 0.228. The van der Waals surface area contributed by atoms with E-state index in [0.717, 1.165) is 32.4 Å². The molecule has 1 aliphatic rings. The maximum atomic E-state index is 13.3. The van der Waals surface area contributed by atoms with Crippen LogP contribution in [0.2, 0.25) is 10.0 Å². The van der Waals surface area contributed by atoms with Crippen LogP contribution in [0.15, 0.2) is 72.3 Å². The van der Waals surface area contributed by atoms with Gasteiger partial charge in [-0.2, -0.15) is 0 Å². The first kappa shape index (κ1) is 27.2. The van der Waals surface area contributed by atoms with Gasteiger partial charge in [-0.1, -0.05) is 65.7 Å². The van der Waals surface area contributed by atoms with Gasteiger partial charge in [0.15, 0.2) is 11.5 Å². The average Bonchev–Trinajstić information content (AvgIpc) is 2.92. The molecular formula is C31H24Cl2N2O5. The molecule has 0 radical (unpaired) electrons. The van der Waals surface area contributed by atoms with E-state index in [1.165, 1.54) is 19.3 Å². The van der Waals surface area contributed by atoms with Crippen molar-refractivity contribution >= 4 is 63.6 Å². The number of methoxy groups -OCH3 is 1. The fourth-order valence-corrected chi connectivity index (χ4v) is 4.97. The Labute approximate surface area is 240 Å². The molecule has 0 bridgehead atoms. The van der Waals surface area contributed by atoms with Crippen LogP contribution in [0.3, 0.4) is 0 Å². The molecule has 1 aliphatic heterocycles. The predicted molar refractivity (Wildman–Crippen MR) is 156 cm³/mol. The lowest BCUT2D eigenvalue weighted by atomic mass is 10.0. The zero-order valence-corrected chi connectivity index (χ0v) is 23.4. The molecule has 7 nitrogen and oxygen atoms in total. The molecule has 202 valence electrons. The fourth-order valence-electron chi connectivity index (χ4n) is 4.52. The molecule has 4 aromatic carbocycles. The Kier molecular flexibility index (Phi) is 7.52. The molecule has 1 saturated heterocycles. The highest BCUT2D eigenvalue weighted by molar-refractivity contribution is 6.39. The van der Waals surface area contributed by atoms with Gasteiger partial charge >= 0.3 is 6.03 Å². The summed E-state index contributed by atoms with van der Waals surface area (Å²) in [4.78, 5) is 39.4. The van der Waals surface area contributed by atoms with Gasteiger partial charge in [0.1, 0.15) is 12.2 Å². The van der Waals surface area contributed by atoms with Gasteiger partial charge in [-0.3, -0.25) is 14.9 Å². The quantitative estimate of drug-likeness (QED) is 0.197. The third-order valence-electron chi connectivity index (χ3n) is 6.71. The van der Waals surface area contributed by atoms with E-state index >= 15 is 0 Å². The van der Waals surface area contributed by atoms with Crippen LogP contribution in [-0.2, 0) is 16.2 Å². The highest BCUT2D eigenvalue weighted by Crippen LogP contribution is 2.38. The van der Waals surface area contributed by atoms with Gasteiger partial charge in [0, 0.05) is 10.6 Å². The zero-order valence-electron chi connectivity index (χ0n) is 21.9. The number of rotatable bonds is 6. The number of anilines is 1. The molecule has 0 saturated carbocycles. The first-order chi connectivity index (χ1) is 19.2. The van der Waals surface area contributed by atoms with E-state index in [1.807, 2.05) is 37.3 Å². The van der Waals surface area contributed by atoms with Gasteiger partial charge in [-0.05, 0) is 71.7 Å². The van der Waals surface area contributed by atoms with Crippen LogP contribution in [0.1, 0.15) is 22.3 Å². The van der Waals surface area contributed by atoms with Crippen molar-refractivity contribution < 1.29 is 23.9 Å². The second-order valence-corrected chi connectivity index (χ2v) is 10.1. The molecule has 0 atom stereocenters. The number of hydrogen-bond donors (Lipinski definition) is 1. The zero-order chi connectivity index (χ0) is 28.6. The van der Waals surface area contributed by atoms with Crippen LogP contribution < -0.4 is 19.7 Å². The highest BCUT2D eigenvalue weighted by atomic mass is 35.5. The summed E-state index contributed by atoms with van der Waals surface area (Å²) in [6.45, 7) is 4.07. The molecule has 4 amide bonds. The molecule has 1 fully saturated rings. The van der Waals surface area contributed by atoms with Crippen LogP contribution in [0.5, 0.6) is 11.5 Å². The third kappa shape index (κ3) is 5.13. The van der Waals surface area contributed by atoms with Crippen molar-refractivity contribution in [3.63, 3.8) is 0 Å². The number of aryl methyl sites for hydroxylation is 2. The predicted octanol–water partition coefficient (Wildman–Crippen LogP) is 7.02. The van der Waals surface area contributed by atoms with Crippen LogP contribution in [0.25, 0.3) is 16.8 Å². The molecule has 9 heteroatoms. The first-order valence-corrected chi connectivity index (χ1v) is 13.1. The van der Waals surface area contributed by atoms with E-state index in [0.29, 0.717) is 22.1 Å². The Hall–Kier alpha value is -4.33. The Morgan fingerprint density at radius 1 is 0.900 bits per heavy atom. The van der Waals surface area contributed by atoms with E-state index in [2.05, 4.69) is 11.4 Å². The number of amides is 4. The molecule has 1 heterocycles. The molecule has 0 aromatic heterocycles. The molecule has 40 heavy (non-hydrogen) atoms. The van der Waals surface area contributed by atoms with E-state index in [9.17, 15) is 14.4 Å². The number of nitrogens with zero attached hydrogens (tertiary/aromatic N) is 1. The molecule has 0 unspecified atom stereocenters. The Morgan fingerprint density at radius 3 is 2.40 bits per heavy atom. The lowest BCUT2D eigenvalue weighted by molar-refractivity contribution is -0.122. The average molecular weight is 575 g/mol. The number of urea groups is 1. The normalized spacial score (nSPS) is 14.6. The monoisotopic (exact) mass is 574 g/mol. The van der Waals surface area contributed by atoms with Crippen molar-refractivity contribution in [1.29, 1.82) is 0 Å². The molecule has 0 spiro atoms. The second-order valence-electron chi connectivity index (χ2n) is 9.30. The Bertz CT molecular complexity index is 1730. The topological polar surface area (TPSA) is 84.9 Å². The number of ether oxygens (including phenoxy) is 2. The summed E-state index contributed by atoms with van der Waals surface area (Å²) in [7, 11) is 1.47. The maximum Gasteiger partial charge on any atom is 0.335 e. The van der Waals surface area contributed by atoms with E-state index in [-0.39, 0.29) is 22.9 Å². The Balaban J connectivity index is 1.46. The van der Waals surface area contributed by atoms with E-state index in [1.54, 1.807) is 31.2 Å². The minimum Gasteiger partial charge on any atom is -0.493 e. The molecular weight excluding hydrogens is 551 g/mol. The number of fused-ring (bicyclic) bond motifs is 1. The molecule has 5 rings (SSSR count). The highest BCUT2D eigenvalue weighted by Gasteiger charge is 2.37. The summed E-state index contributed by atoms with van der Waals surface area (Å²) in [5, 5.41) is 4.99. The van der Waals surface area contributed by atoms with Gasteiger partial charge < -0.3 is 9.47 Å². The van der Waals surface area contributed by atoms with E-state index < -0.39 is 17.8 Å². The Morgan fingerprint density at radius 2 is 1.65 bits per heavy atom. The number of benzene rings is 4. The van der Waals surface area contributed by atoms with Crippen molar-refractivity contribution in [3.8, 4) is 11.5 Å². The van der Waals surface area contributed by atoms with Crippen molar-refractivity contribution in [1.82, 2.24) is 5.32 Å². The lowest BCUT2D eigenvalue weighted by Crippen LogP contribution is -2.54. The van der Waals surface area contributed by atoms with Crippen LogP contribution in [0, 0.1) is 13.8 Å². The number of barbiturate groups is 1. The largest absolute Gasteiger partial charge is 0.493 e. The lowest BCUT2D eigenvalue weighted by Gasteiger charge is -2.26. The summed E-state index contributed by atoms with van der Waals surface area (Å²) in [5.74, 6) is -0.981. The maximum absolute atomic E-state index is 13.3. The SMILES string of the molecule is COc1cc(/C=C2\C(=O)NC(=O)N(c3ccc(C)c(Cl)c3)C2=O)cc(Cl)c1OCc1c(C)ccc2ccccc12.